The van der Waals surface area contributed by atoms with E-state index in [-0.39, 0.29) is 29.6 Å². The van der Waals surface area contributed by atoms with E-state index < -0.39 is 5.76 Å². The maximum atomic E-state index is 12.5. The molecule has 0 fully saturated rings. The highest BCUT2D eigenvalue weighted by molar-refractivity contribution is 5.99. The highest BCUT2D eigenvalue weighted by Gasteiger charge is 2.15. The molecule has 0 atom stereocenters. The molecule has 3 rings (SSSR count). The SMILES string of the molecule is CC(=O)Nc1ccc(C(=O)Cn2c(=O)oc3cc(C(C)=O)ccc32)cc1. The van der Waals surface area contributed by atoms with Crippen LogP contribution in [0.25, 0.3) is 11.1 Å². The Balaban J connectivity index is 1.87. The van der Waals surface area contributed by atoms with Crippen molar-refractivity contribution in [1.82, 2.24) is 4.57 Å². The van der Waals surface area contributed by atoms with Crippen LogP contribution in [0, 0.1) is 0 Å². The Bertz CT molecular complexity index is 1070. The number of ketones is 2. The molecule has 132 valence electrons. The normalized spacial score (nSPS) is 10.7. The van der Waals surface area contributed by atoms with Crippen molar-refractivity contribution in [2.24, 2.45) is 0 Å². The summed E-state index contributed by atoms with van der Waals surface area (Å²) in [6.45, 7) is 2.63. The maximum absolute atomic E-state index is 12.5. The van der Waals surface area contributed by atoms with Crippen LogP contribution in [0.4, 0.5) is 5.69 Å². The maximum Gasteiger partial charge on any atom is 0.420 e. The number of carbonyl (C=O) groups is 3. The fraction of sp³-hybridized carbons (Fsp3) is 0.158. The summed E-state index contributed by atoms with van der Waals surface area (Å²) in [6, 6.07) is 11.0. The van der Waals surface area contributed by atoms with Crippen LogP contribution in [0.15, 0.2) is 51.7 Å². The number of nitrogens with zero attached hydrogens (tertiary/aromatic N) is 1. The van der Waals surface area contributed by atoms with Gasteiger partial charge < -0.3 is 9.73 Å². The third-order valence-electron chi connectivity index (χ3n) is 3.90. The lowest BCUT2D eigenvalue weighted by Gasteiger charge is -2.05. The lowest BCUT2D eigenvalue weighted by molar-refractivity contribution is -0.114. The average molecular weight is 352 g/mol. The van der Waals surface area contributed by atoms with Gasteiger partial charge in [0, 0.05) is 23.7 Å². The molecule has 1 amide bonds. The first-order chi connectivity index (χ1) is 12.3. The molecule has 1 heterocycles. The Morgan fingerprint density at radius 1 is 1.00 bits per heavy atom. The first-order valence-electron chi connectivity index (χ1n) is 7.90. The highest BCUT2D eigenvalue weighted by Crippen LogP contribution is 2.17. The third kappa shape index (κ3) is 3.46. The van der Waals surface area contributed by atoms with E-state index in [1.54, 1.807) is 36.4 Å². The van der Waals surface area contributed by atoms with Crippen molar-refractivity contribution in [3.05, 3.63) is 64.1 Å². The molecular weight excluding hydrogens is 336 g/mol. The van der Waals surface area contributed by atoms with Crippen molar-refractivity contribution in [2.45, 2.75) is 20.4 Å². The molecule has 0 radical (unpaired) electrons. The van der Waals surface area contributed by atoms with E-state index in [9.17, 15) is 19.2 Å². The fourth-order valence-electron chi connectivity index (χ4n) is 2.61. The Morgan fingerprint density at radius 3 is 2.27 bits per heavy atom. The summed E-state index contributed by atoms with van der Waals surface area (Å²) in [4.78, 5) is 47.0. The van der Waals surface area contributed by atoms with Gasteiger partial charge in [0.2, 0.25) is 5.91 Å². The number of aromatic nitrogens is 1. The van der Waals surface area contributed by atoms with Crippen molar-refractivity contribution in [1.29, 1.82) is 0 Å². The van der Waals surface area contributed by atoms with Crippen LogP contribution in [0.1, 0.15) is 34.6 Å². The summed E-state index contributed by atoms with van der Waals surface area (Å²) >= 11 is 0. The van der Waals surface area contributed by atoms with E-state index in [4.69, 9.17) is 4.42 Å². The average Bonchev–Trinajstić information content (AvgIpc) is 2.89. The number of oxazole rings is 1. The van der Waals surface area contributed by atoms with Gasteiger partial charge in [0.25, 0.3) is 0 Å². The second-order valence-corrected chi connectivity index (χ2v) is 5.87. The van der Waals surface area contributed by atoms with E-state index in [1.165, 1.54) is 24.5 Å². The summed E-state index contributed by atoms with van der Waals surface area (Å²) in [7, 11) is 0. The molecule has 7 heteroatoms. The van der Waals surface area contributed by atoms with E-state index in [0.29, 0.717) is 22.3 Å². The first kappa shape index (κ1) is 17.3. The van der Waals surface area contributed by atoms with Crippen molar-refractivity contribution < 1.29 is 18.8 Å². The predicted octanol–water partition coefficient (Wildman–Crippen LogP) is 2.64. The van der Waals surface area contributed by atoms with E-state index in [0.717, 1.165) is 0 Å². The second kappa shape index (κ2) is 6.79. The minimum atomic E-state index is -0.663. The number of benzene rings is 2. The summed E-state index contributed by atoms with van der Waals surface area (Å²) in [6.07, 6.45) is 0. The van der Waals surface area contributed by atoms with Gasteiger partial charge in [0.05, 0.1) is 12.1 Å². The molecule has 3 aromatic rings. The summed E-state index contributed by atoms with van der Waals surface area (Å²) in [5.41, 5.74) is 2.12. The Kier molecular flexibility index (Phi) is 4.53. The van der Waals surface area contributed by atoms with Crippen LogP contribution in [-0.4, -0.2) is 22.0 Å². The number of carbonyl (C=O) groups excluding carboxylic acids is 3. The number of hydrogen-bond acceptors (Lipinski definition) is 5. The number of anilines is 1. The van der Waals surface area contributed by atoms with Crippen molar-refractivity contribution in [3.63, 3.8) is 0 Å². The molecule has 1 aromatic heterocycles. The summed E-state index contributed by atoms with van der Waals surface area (Å²) in [5.74, 6) is -1.29. The highest BCUT2D eigenvalue weighted by atomic mass is 16.4. The van der Waals surface area contributed by atoms with E-state index in [2.05, 4.69) is 5.32 Å². The molecule has 2 aromatic carbocycles. The standard InChI is InChI=1S/C19H16N2O5/c1-11(22)14-5-8-16-18(9-14)26-19(25)21(16)10-17(24)13-3-6-15(7-4-13)20-12(2)23/h3-9H,10H2,1-2H3,(H,20,23). The van der Waals surface area contributed by atoms with E-state index >= 15 is 0 Å². The topological polar surface area (TPSA) is 98.4 Å². The van der Waals surface area contributed by atoms with Crippen molar-refractivity contribution in [3.8, 4) is 0 Å². The summed E-state index contributed by atoms with van der Waals surface area (Å²) in [5, 5.41) is 2.62. The van der Waals surface area contributed by atoms with Gasteiger partial charge in [0.15, 0.2) is 17.1 Å². The number of hydrogen-bond donors (Lipinski definition) is 1. The molecule has 0 aliphatic carbocycles. The summed E-state index contributed by atoms with van der Waals surface area (Å²) < 4.78 is 6.37. The molecule has 0 saturated carbocycles. The van der Waals surface area contributed by atoms with Gasteiger partial charge in [-0.1, -0.05) is 0 Å². The predicted molar refractivity (Wildman–Crippen MR) is 95.6 cm³/mol. The van der Waals surface area contributed by atoms with Crippen molar-refractivity contribution >= 4 is 34.3 Å². The number of rotatable bonds is 5. The van der Waals surface area contributed by atoms with Gasteiger partial charge in [-0.05, 0) is 49.4 Å². The van der Waals surface area contributed by atoms with Gasteiger partial charge in [-0.2, -0.15) is 0 Å². The minimum absolute atomic E-state index is 0.141. The zero-order chi connectivity index (χ0) is 18.8. The number of fused-ring (bicyclic) bond motifs is 1. The van der Waals surface area contributed by atoms with Gasteiger partial charge >= 0.3 is 5.76 Å². The molecule has 0 aliphatic rings. The molecule has 26 heavy (non-hydrogen) atoms. The lowest BCUT2D eigenvalue weighted by atomic mass is 10.1. The molecule has 1 N–H and O–H groups in total. The fourth-order valence-corrected chi connectivity index (χ4v) is 2.61. The molecule has 7 nitrogen and oxygen atoms in total. The van der Waals surface area contributed by atoms with Gasteiger partial charge in [-0.25, -0.2) is 4.79 Å². The van der Waals surface area contributed by atoms with Gasteiger partial charge in [-0.3, -0.25) is 19.0 Å². The van der Waals surface area contributed by atoms with Crippen LogP contribution in [0.2, 0.25) is 0 Å². The lowest BCUT2D eigenvalue weighted by Crippen LogP contribution is -2.20. The molecule has 0 unspecified atom stereocenters. The van der Waals surface area contributed by atoms with Gasteiger partial charge in [-0.15, -0.1) is 0 Å². The third-order valence-corrected chi connectivity index (χ3v) is 3.90. The van der Waals surface area contributed by atoms with Crippen LogP contribution < -0.4 is 11.1 Å². The van der Waals surface area contributed by atoms with Crippen LogP contribution in [0.5, 0.6) is 0 Å². The molecule has 0 bridgehead atoms. The minimum Gasteiger partial charge on any atom is -0.408 e. The monoisotopic (exact) mass is 352 g/mol. The molecule has 0 spiro atoms. The van der Waals surface area contributed by atoms with E-state index in [1.807, 2.05) is 0 Å². The first-order valence-corrected chi connectivity index (χ1v) is 7.90. The van der Waals surface area contributed by atoms with Crippen LogP contribution in [-0.2, 0) is 11.3 Å². The smallest absolute Gasteiger partial charge is 0.408 e. The quantitative estimate of drug-likeness (QED) is 0.712. The second-order valence-electron chi connectivity index (χ2n) is 5.87. The molecule has 0 saturated heterocycles. The number of nitrogens with one attached hydrogen (secondary N) is 1. The number of Topliss-reactive ketones (excluding diaryl/α,β-unsaturated/α-hetero) is 2. The number of amides is 1. The Hall–Kier alpha value is -3.48. The zero-order valence-corrected chi connectivity index (χ0v) is 14.2. The van der Waals surface area contributed by atoms with Crippen LogP contribution >= 0.6 is 0 Å². The van der Waals surface area contributed by atoms with Crippen LogP contribution in [0.3, 0.4) is 0 Å². The Labute approximate surface area is 148 Å². The molecule has 0 aliphatic heterocycles. The van der Waals surface area contributed by atoms with Crippen molar-refractivity contribution in [2.75, 3.05) is 5.32 Å². The van der Waals surface area contributed by atoms with Gasteiger partial charge in [0.1, 0.15) is 0 Å². The Morgan fingerprint density at radius 2 is 1.65 bits per heavy atom. The largest absolute Gasteiger partial charge is 0.420 e. The zero-order valence-electron chi connectivity index (χ0n) is 14.2. The molecular formula is C19H16N2O5.